The quantitative estimate of drug-likeness (QED) is 0.636. The van der Waals surface area contributed by atoms with E-state index in [4.69, 9.17) is 11.6 Å². The van der Waals surface area contributed by atoms with Crippen LogP contribution in [-0.2, 0) is 14.8 Å². The van der Waals surface area contributed by atoms with Crippen LogP contribution >= 0.6 is 11.6 Å². The third-order valence-electron chi connectivity index (χ3n) is 1.76. The SMILES string of the molecule is O=C1CN(S(=O)(=O)CCl)CCCN1. The van der Waals surface area contributed by atoms with Crippen LogP contribution in [0, 0.1) is 0 Å². The van der Waals surface area contributed by atoms with Gasteiger partial charge in [-0.1, -0.05) is 0 Å². The molecule has 0 aromatic rings. The molecule has 0 radical (unpaired) electrons. The molecule has 0 unspecified atom stereocenters. The van der Waals surface area contributed by atoms with Crippen molar-refractivity contribution in [2.24, 2.45) is 0 Å². The van der Waals surface area contributed by atoms with Crippen LogP contribution in [0.4, 0.5) is 0 Å². The normalized spacial score (nSPS) is 20.8. The Morgan fingerprint density at radius 2 is 2.23 bits per heavy atom. The van der Waals surface area contributed by atoms with E-state index < -0.39 is 15.2 Å². The number of amides is 1. The average Bonchev–Trinajstić information content (AvgIpc) is 2.30. The lowest BCUT2D eigenvalue weighted by Crippen LogP contribution is -2.37. The fraction of sp³-hybridized carbons (Fsp3) is 0.833. The maximum Gasteiger partial charge on any atom is 0.235 e. The van der Waals surface area contributed by atoms with Crippen LogP contribution < -0.4 is 5.32 Å². The van der Waals surface area contributed by atoms with Gasteiger partial charge >= 0.3 is 0 Å². The van der Waals surface area contributed by atoms with Crippen LogP contribution in [0.5, 0.6) is 0 Å². The van der Waals surface area contributed by atoms with Crippen molar-refractivity contribution >= 4 is 27.5 Å². The van der Waals surface area contributed by atoms with Gasteiger partial charge < -0.3 is 5.32 Å². The molecule has 7 heteroatoms. The van der Waals surface area contributed by atoms with E-state index in [0.717, 1.165) is 4.31 Å². The summed E-state index contributed by atoms with van der Waals surface area (Å²) in [6.07, 6.45) is 0.627. The third-order valence-corrected chi connectivity index (χ3v) is 3.96. The molecule has 0 aliphatic carbocycles. The van der Waals surface area contributed by atoms with Crippen LogP contribution in [0.25, 0.3) is 0 Å². The molecule has 13 heavy (non-hydrogen) atoms. The minimum Gasteiger partial charge on any atom is -0.355 e. The minimum absolute atomic E-state index is 0.116. The van der Waals surface area contributed by atoms with Gasteiger partial charge in [-0.15, -0.1) is 11.6 Å². The zero-order chi connectivity index (χ0) is 9.90. The summed E-state index contributed by atoms with van der Waals surface area (Å²) in [6, 6.07) is 0. The Morgan fingerprint density at radius 3 is 2.85 bits per heavy atom. The van der Waals surface area contributed by atoms with Gasteiger partial charge in [0.2, 0.25) is 15.9 Å². The Kier molecular flexibility index (Phi) is 3.52. The highest BCUT2D eigenvalue weighted by Crippen LogP contribution is 2.06. The van der Waals surface area contributed by atoms with Crippen LogP contribution in [0.15, 0.2) is 0 Å². The van der Waals surface area contributed by atoms with Crippen molar-refractivity contribution in [3.8, 4) is 0 Å². The van der Waals surface area contributed by atoms with Crippen LogP contribution in [0.3, 0.4) is 0 Å². The Bertz CT molecular complexity index is 290. The van der Waals surface area contributed by atoms with E-state index in [9.17, 15) is 13.2 Å². The van der Waals surface area contributed by atoms with Gasteiger partial charge in [0.1, 0.15) is 5.21 Å². The molecule has 1 heterocycles. The molecule has 0 aromatic heterocycles. The highest BCUT2D eigenvalue weighted by Gasteiger charge is 2.24. The second-order valence-corrected chi connectivity index (χ2v) is 5.31. The molecule has 1 amide bonds. The molecule has 1 aliphatic heterocycles. The molecule has 1 N–H and O–H groups in total. The number of alkyl halides is 1. The lowest BCUT2D eigenvalue weighted by Gasteiger charge is -2.16. The topological polar surface area (TPSA) is 66.5 Å². The number of halogens is 1. The largest absolute Gasteiger partial charge is 0.355 e. The average molecular weight is 227 g/mol. The van der Waals surface area contributed by atoms with Crippen LogP contribution in [0.2, 0.25) is 0 Å². The molecular formula is C6H11ClN2O3S. The lowest BCUT2D eigenvalue weighted by atomic mass is 10.4. The Labute approximate surface area is 82.1 Å². The smallest absolute Gasteiger partial charge is 0.235 e. The summed E-state index contributed by atoms with van der Waals surface area (Å²) in [5.41, 5.74) is 0. The zero-order valence-corrected chi connectivity index (χ0v) is 8.57. The first-order valence-electron chi connectivity index (χ1n) is 3.87. The molecule has 0 aromatic carbocycles. The van der Waals surface area contributed by atoms with Gasteiger partial charge in [0, 0.05) is 13.1 Å². The molecule has 1 aliphatic rings. The maximum atomic E-state index is 11.3. The summed E-state index contributed by atoms with van der Waals surface area (Å²) in [5.74, 6) is -0.272. The first-order valence-corrected chi connectivity index (χ1v) is 6.01. The minimum atomic E-state index is -3.44. The molecule has 1 saturated heterocycles. The van der Waals surface area contributed by atoms with Crippen molar-refractivity contribution in [2.75, 3.05) is 24.8 Å². The summed E-state index contributed by atoms with van der Waals surface area (Å²) in [4.78, 5) is 11.0. The van der Waals surface area contributed by atoms with Crippen molar-refractivity contribution in [1.29, 1.82) is 0 Å². The Hall–Kier alpha value is -0.330. The maximum absolute atomic E-state index is 11.3. The fourth-order valence-corrected chi connectivity index (χ4v) is 2.36. The second-order valence-electron chi connectivity index (χ2n) is 2.76. The van der Waals surface area contributed by atoms with Crippen molar-refractivity contribution in [1.82, 2.24) is 9.62 Å². The Balaban J connectivity index is 2.73. The third kappa shape index (κ3) is 2.82. The number of nitrogens with zero attached hydrogens (tertiary/aromatic N) is 1. The van der Waals surface area contributed by atoms with E-state index in [0.29, 0.717) is 19.5 Å². The summed E-state index contributed by atoms with van der Waals surface area (Å²) in [5, 5.41) is 2.11. The van der Waals surface area contributed by atoms with Crippen LogP contribution in [0.1, 0.15) is 6.42 Å². The van der Waals surface area contributed by atoms with E-state index in [1.807, 2.05) is 0 Å². The fourth-order valence-electron chi connectivity index (χ4n) is 1.08. The number of hydrogen-bond donors (Lipinski definition) is 1. The molecule has 0 spiro atoms. The standard InChI is InChI=1S/C6H11ClN2O3S/c7-5-13(11,12)9-3-1-2-8-6(10)4-9/h1-5H2,(H,8,10). The van der Waals surface area contributed by atoms with E-state index in [1.54, 1.807) is 0 Å². The van der Waals surface area contributed by atoms with Gasteiger partial charge in [0.25, 0.3) is 0 Å². The number of hydrogen-bond acceptors (Lipinski definition) is 3. The summed E-state index contributed by atoms with van der Waals surface area (Å²) in [7, 11) is -3.44. The van der Waals surface area contributed by atoms with Crippen molar-refractivity contribution in [2.45, 2.75) is 6.42 Å². The lowest BCUT2D eigenvalue weighted by molar-refractivity contribution is -0.120. The molecule has 0 atom stereocenters. The molecule has 0 saturated carbocycles. The second kappa shape index (κ2) is 4.26. The molecular weight excluding hydrogens is 216 g/mol. The van der Waals surface area contributed by atoms with Gasteiger partial charge in [-0.05, 0) is 6.42 Å². The first kappa shape index (κ1) is 10.7. The van der Waals surface area contributed by atoms with Gasteiger partial charge in [0.15, 0.2) is 0 Å². The Morgan fingerprint density at radius 1 is 1.54 bits per heavy atom. The van der Waals surface area contributed by atoms with Crippen molar-refractivity contribution < 1.29 is 13.2 Å². The van der Waals surface area contributed by atoms with E-state index in [2.05, 4.69) is 5.32 Å². The molecule has 1 rings (SSSR count). The summed E-state index contributed by atoms with van der Waals surface area (Å²) in [6.45, 7) is 0.760. The molecule has 5 nitrogen and oxygen atoms in total. The van der Waals surface area contributed by atoms with Crippen molar-refractivity contribution in [3.63, 3.8) is 0 Å². The van der Waals surface area contributed by atoms with Crippen molar-refractivity contribution in [3.05, 3.63) is 0 Å². The highest BCUT2D eigenvalue weighted by atomic mass is 35.5. The molecule has 1 fully saturated rings. The molecule has 76 valence electrons. The van der Waals surface area contributed by atoms with E-state index >= 15 is 0 Å². The zero-order valence-electron chi connectivity index (χ0n) is 6.99. The van der Waals surface area contributed by atoms with E-state index in [-0.39, 0.29) is 12.5 Å². The predicted molar refractivity (Wildman–Crippen MR) is 48.8 cm³/mol. The monoisotopic (exact) mass is 226 g/mol. The first-order chi connectivity index (χ1) is 6.06. The van der Waals surface area contributed by atoms with Gasteiger partial charge in [-0.2, -0.15) is 4.31 Å². The van der Waals surface area contributed by atoms with Gasteiger partial charge in [0.05, 0.1) is 6.54 Å². The van der Waals surface area contributed by atoms with E-state index in [1.165, 1.54) is 0 Å². The van der Waals surface area contributed by atoms with Gasteiger partial charge in [-0.25, -0.2) is 8.42 Å². The van der Waals surface area contributed by atoms with Crippen LogP contribution in [-0.4, -0.2) is 43.5 Å². The predicted octanol–water partition coefficient (Wildman–Crippen LogP) is -0.666. The summed E-state index contributed by atoms with van der Waals surface area (Å²) >= 11 is 5.27. The number of sulfonamides is 1. The number of carbonyl (C=O) groups is 1. The highest BCUT2D eigenvalue weighted by molar-refractivity contribution is 7.90. The number of nitrogens with one attached hydrogen (secondary N) is 1. The number of carbonyl (C=O) groups excluding carboxylic acids is 1. The van der Waals surface area contributed by atoms with Gasteiger partial charge in [-0.3, -0.25) is 4.79 Å². The number of rotatable bonds is 2. The summed E-state index contributed by atoms with van der Waals surface area (Å²) < 4.78 is 23.6. The molecule has 0 bridgehead atoms.